The van der Waals surface area contributed by atoms with E-state index in [0.29, 0.717) is 28.7 Å². The molecule has 0 aliphatic carbocycles. The van der Waals surface area contributed by atoms with Gasteiger partial charge in [0.15, 0.2) is 5.82 Å². The van der Waals surface area contributed by atoms with Crippen molar-refractivity contribution in [3.8, 4) is 23.0 Å². The van der Waals surface area contributed by atoms with Gasteiger partial charge in [0.1, 0.15) is 11.6 Å². The highest BCUT2D eigenvalue weighted by molar-refractivity contribution is 6.04. The molecular formula is C24H18FN3O2. The summed E-state index contributed by atoms with van der Waals surface area (Å²) in [4.78, 5) is 21.1. The zero-order chi connectivity index (χ0) is 20.9. The first-order valence-electron chi connectivity index (χ1n) is 9.32. The molecule has 1 amide bonds. The van der Waals surface area contributed by atoms with Crippen molar-refractivity contribution < 1.29 is 13.9 Å². The average molecular weight is 399 g/mol. The predicted molar refractivity (Wildman–Crippen MR) is 113 cm³/mol. The van der Waals surface area contributed by atoms with E-state index in [1.54, 1.807) is 36.5 Å². The topological polar surface area (TPSA) is 64.1 Å². The summed E-state index contributed by atoms with van der Waals surface area (Å²) in [6, 6.07) is 21.9. The maximum atomic E-state index is 13.0. The van der Waals surface area contributed by atoms with Crippen LogP contribution in [0.5, 0.6) is 11.6 Å². The van der Waals surface area contributed by atoms with Gasteiger partial charge in [-0.3, -0.25) is 4.79 Å². The van der Waals surface area contributed by atoms with Gasteiger partial charge in [-0.15, -0.1) is 0 Å². The van der Waals surface area contributed by atoms with E-state index in [4.69, 9.17) is 4.74 Å². The van der Waals surface area contributed by atoms with E-state index in [1.807, 2.05) is 31.2 Å². The van der Waals surface area contributed by atoms with Gasteiger partial charge in [-0.25, -0.2) is 9.37 Å². The van der Waals surface area contributed by atoms with Crippen LogP contribution in [0.4, 0.5) is 10.1 Å². The van der Waals surface area contributed by atoms with E-state index in [1.165, 1.54) is 24.3 Å². The number of nitrogens with zero attached hydrogens (tertiary/aromatic N) is 2. The van der Waals surface area contributed by atoms with E-state index < -0.39 is 0 Å². The summed E-state index contributed by atoms with van der Waals surface area (Å²) in [5.41, 5.74) is 3.01. The summed E-state index contributed by atoms with van der Waals surface area (Å²) in [5.74, 6) is 0.875. The molecule has 3 aromatic carbocycles. The molecule has 4 aromatic rings. The number of hydrogen-bond acceptors (Lipinski definition) is 4. The van der Waals surface area contributed by atoms with E-state index in [9.17, 15) is 9.18 Å². The van der Waals surface area contributed by atoms with Gasteiger partial charge in [0.2, 0.25) is 5.88 Å². The number of carbonyl (C=O) groups is 1. The first kappa shape index (κ1) is 19.3. The van der Waals surface area contributed by atoms with Crippen molar-refractivity contribution >= 4 is 11.6 Å². The SMILES string of the molecule is Cc1cccc(-c2nccc(Oc3ccc(C(=O)Nc4ccc(F)cc4)cc3)n2)c1. The molecule has 1 N–H and O–H groups in total. The Morgan fingerprint density at radius 2 is 1.73 bits per heavy atom. The van der Waals surface area contributed by atoms with Crippen LogP contribution in [0.2, 0.25) is 0 Å². The van der Waals surface area contributed by atoms with Crippen LogP contribution in [0.15, 0.2) is 85.1 Å². The summed E-state index contributed by atoms with van der Waals surface area (Å²) < 4.78 is 18.8. The fourth-order valence-corrected chi connectivity index (χ4v) is 2.85. The van der Waals surface area contributed by atoms with Crippen LogP contribution >= 0.6 is 0 Å². The molecule has 0 saturated heterocycles. The highest BCUT2D eigenvalue weighted by Crippen LogP contribution is 2.23. The van der Waals surface area contributed by atoms with Gasteiger partial charge in [-0.05, 0) is 61.5 Å². The lowest BCUT2D eigenvalue weighted by Gasteiger charge is -2.08. The molecule has 1 heterocycles. The summed E-state index contributed by atoms with van der Waals surface area (Å²) in [6.07, 6.45) is 1.64. The third-order valence-corrected chi connectivity index (χ3v) is 4.35. The molecule has 5 nitrogen and oxygen atoms in total. The van der Waals surface area contributed by atoms with E-state index in [2.05, 4.69) is 15.3 Å². The number of halogens is 1. The summed E-state index contributed by atoms with van der Waals surface area (Å²) in [7, 11) is 0. The van der Waals surface area contributed by atoms with Crippen molar-refractivity contribution in [3.05, 3.63) is 102 Å². The normalized spacial score (nSPS) is 10.5. The number of nitrogens with one attached hydrogen (secondary N) is 1. The van der Waals surface area contributed by atoms with Crippen LogP contribution in [0.25, 0.3) is 11.4 Å². The van der Waals surface area contributed by atoms with E-state index in [0.717, 1.165) is 11.1 Å². The smallest absolute Gasteiger partial charge is 0.255 e. The maximum absolute atomic E-state index is 13.0. The molecule has 30 heavy (non-hydrogen) atoms. The summed E-state index contributed by atoms with van der Waals surface area (Å²) in [5, 5.41) is 2.72. The second-order valence-corrected chi connectivity index (χ2v) is 6.68. The number of amides is 1. The van der Waals surface area contributed by atoms with Crippen LogP contribution < -0.4 is 10.1 Å². The van der Waals surface area contributed by atoms with Gasteiger partial charge in [-0.2, -0.15) is 4.98 Å². The quantitative estimate of drug-likeness (QED) is 0.472. The molecular weight excluding hydrogens is 381 g/mol. The first-order valence-corrected chi connectivity index (χ1v) is 9.32. The van der Waals surface area contributed by atoms with Crippen molar-refractivity contribution in [1.29, 1.82) is 0 Å². The number of aromatic nitrogens is 2. The molecule has 0 aliphatic rings. The molecule has 0 atom stereocenters. The average Bonchev–Trinajstić information content (AvgIpc) is 2.76. The van der Waals surface area contributed by atoms with Crippen molar-refractivity contribution in [2.75, 3.05) is 5.32 Å². The second kappa shape index (κ2) is 8.53. The standard InChI is InChI=1S/C24H18FN3O2/c1-16-3-2-4-18(15-16)23-26-14-13-22(28-23)30-21-11-5-17(6-12-21)24(29)27-20-9-7-19(25)8-10-20/h2-15H,1H3,(H,27,29). The Bertz CT molecular complexity index is 1180. The minimum Gasteiger partial charge on any atom is -0.439 e. The molecule has 0 aliphatic heterocycles. The van der Waals surface area contributed by atoms with Crippen LogP contribution in [0.3, 0.4) is 0 Å². The number of carbonyl (C=O) groups excluding carboxylic acids is 1. The van der Waals surface area contributed by atoms with Gasteiger partial charge in [-0.1, -0.05) is 23.8 Å². The number of benzene rings is 3. The fourth-order valence-electron chi connectivity index (χ4n) is 2.85. The molecule has 1 aromatic heterocycles. The Labute approximate surface area is 173 Å². The Morgan fingerprint density at radius 3 is 2.47 bits per heavy atom. The van der Waals surface area contributed by atoms with Gasteiger partial charge in [0, 0.05) is 29.1 Å². The van der Waals surface area contributed by atoms with Gasteiger partial charge >= 0.3 is 0 Å². The molecule has 0 spiro atoms. The second-order valence-electron chi connectivity index (χ2n) is 6.68. The minimum absolute atomic E-state index is 0.295. The van der Waals surface area contributed by atoms with Crippen molar-refractivity contribution in [2.24, 2.45) is 0 Å². The molecule has 0 unspecified atom stereocenters. The van der Waals surface area contributed by atoms with Crippen LogP contribution in [-0.4, -0.2) is 15.9 Å². The highest BCUT2D eigenvalue weighted by Gasteiger charge is 2.08. The van der Waals surface area contributed by atoms with Gasteiger partial charge in [0.25, 0.3) is 5.91 Å². The number of hydrogen-bond donors (Lipinski definition) is 1. The first-order chi connectivity index (χ1) is 14.6. The van der Waals surface area contributed by atoms with Gasteiger partial charge < -0.3 is 10.1 Å². The predicted octanol–water partition coefficient (Wildman–Crippen LogP) is 5.64. The zero-order valence-electron chi connectivity index (χ0n) is 16.2. The van der Waals surface area contributed by atoms with Crippen LogP contribution in [0.1, 0.15) is 15.9 Å². The zero-order valence-corrected chi connectivity index (χ0v) is 16.2. The molecule has 0 bridgehead atoms. The van der Waals surface area contributed by atoms with Crippen molar-refractivity contribution in [1.82, 2.24) is 9.97 Å². The Kier molecular flexibility index (Phi) is 5.48. The largest absolute Gasteiger partial charge is 0.439 e. The van der Waals surface area contributed by atoms with Crippen LogP contribution in [-0.2, 0) is 0 Å². The molecule has 0 radical (unpaired) electrons. The third-order valence-electron chi connectivity index (χ3n) is 4.35. The maximum Gasteiger partial charge on any atom is 0.255 e. The fraction of sp³-hybridized carbons (Fsp3) is 0.0417. The Morgan fingerprint density at radius 1 is 0.967 bits per heavy atom. The number of ether oxygens (including phenoxy) is 1. The van der Waals surface area contributed by atoms with E-state index in [-0.39, 0.29) is 11.7 Å². The Balaban J connectivity index is 1.45. The van der Waals surface area contributed by atoms with Crippen molar-refractivity contribution in [3.63, 3.8) is 0 Å². The number of aryl methyl sites for hydroxylation is 1. The molecule has 148 valence electrons. The lowest BCUT2D eigenvalue weighted by Crippen LogP contribution is -2.11. The van der Waals surface area contributed by atoms with E-state index >= 15 is 0 Å². The number of rotatable bonds is 5. The van der Waals surface area contributed by atoms with Gasteiger partial charge in [0.05, 0.1) is 0 Å². The lowest BCUT2D eigenvalue weighted by atomic mass is 10.1. The summed E-state index contributed by atoms with van der Waals surface area (Å²) in [6.45, 7) is 2.01. The molecule has 0 saturated carbocycles. The van der Waals surface area contributed by atoms with Crippen molar-refractivity contribution in [2.45, 2.75) is 6.92 Å². The number of anilines is 1. The molecule has 4 rings (SSSR count). The highest BCUT2D eigenvalue weighted by atomic mass is 19.1. The Hall–Kier alpha value is -4.06. The lowest BCUT2D eigenvalue weighted by molar-refractivity contribution is 0.102. The van der Waals surface area contributed by atoms with Crippen LogP contribution in [0, 0.1) is 12.7 Å². The molecule has 6 heteroatoms. The molecule has 0 fully saturated rings. The monoisotopic (exact) mass is 399 g/mol. The minimum atomic E-state index is -0.357. The summed E-state index contributed by atoms with van der Waals surface area (Å²) >= 11 is 0. The third kappa shape index (κ3) is 4.67.